The van der Waals surface area contributed by atoms with Crippen LogP contribution in [0.5, 0.6) is 11.5 Å². The number of pyridine rings is 2. The lowest BCUT2D eigenvalue weighted by Gasteiger charge is -2.11. The molecule has 5 nitrogen and oxygen atoms in total. The Bertz CT molecular complexity index is 1420. The van der Waals surface area contributed by atoms with Crippen LogP contribution in [0.15, 0.2) is 78.9 Å². The Hall–Kier alpha value is -4.51. The fourth-order valence-corrected chi connectivity index (χ4v) is 3.71. The van der Waals surface area contributed by atoms with Gasteiger partial charge in [0.2, 0.25) is 0 Å². The van der Waals surface area contributed by atoms with Crippen LogP contribution in [-0.4, -0.2) is 23.0 Å². The van der Waals surface area contributed by atoms with Gasteiger partial charge in [0.1, 0.15) is 11.5 Å². The summed E-state index contributed by atoms with van der Waals surface area (Å²) in [5.41, 5.74) is 6.14. The summed E-state index contributed by atoms with van der Waals surface area (Å²) in [5, 5.41) is 0. The van der Waals surface area contributed by atoms with E-state index in [1.165, 1.54) is 0 Å². The maximum atomic E-state index is 12.8. The van der Waals surface area contributed by atoms with Crippen molar-refractivity contribution in [3.8, 4) is 11.5 Å². The second-order valence-corrected chi connectivity index (χ2v) is 8.33. The number of ether oxygens (including phenoxy) is 2. The number of methoxy groups -OCH3 is 1. The first-order chi connectivity index (χ1) is 17.5. The van der Waals surface area contributed by atoms with Crippen molar-refractivity contribution < 1.29 is 14.3 Å². The SMILES string of the molecule is COc1cc(C=Cc2cccc(C)n2)ccc1CC(=O)Oc1ccccc1C=Cc1cccc(C)n1. The molecule has 0 fully saturated rings. The van der Waals surface area contributed by atoms with Crippen molar-refractivity contribution in [1.82, 2.24) is 9.97 Å². The van der Waals surface area contributed by atoms with Gasteiger partial charge in [0, 0.05) is 22.5 Å². The van der Waals surface area contributed by atoms with Crippen molar-refractivity contribution in [1.29, 1.82) is 0 Å². The summed E-state index contributed by atoms with van der Waals surface area (Å²) in [6, 6.07) is 24.9. The van der Waals surface area contributed by atoms with E-state index >= 15 is 0 Å². The van der Waals surface area contributed by atoms with Gasteiger partial charge in [-0.25, -0.2) is 0 Å². The van der Waals surface area contributed by atoms with E-state index in [1.54, 1.807) is 13.2 Å². The lowest BCUT2D eigenvalue weighted by Crippen LogP contribution is -2.12. The number of aromatic nitrogens is 2. The molecular formula is C31H28N2O3. The lowest BCUT2D eigenvalue weighted by atomic mass is 10.1. The average Bonchev–Trinajstić information content (AvgIpc) is 2.87. The third kappa shape index (κ3) is 6.76. The first kappa shape index (κ1) is 24.6. The zero-order valence-corrected chi connectivity index (χ0v) is 20.6. The monoisotopic (exact) mass is 476 g/mol. The number of carbonyl (C=O) groups excluding carboxylic acids is 1. The Balaban J connectivity index is 1.45. The topological polar surface area (TPSA) is 61.3 Å². The smallest absolute Gasteiger partial charge is 0.315 e. The molecule has 0 aliphatic heterocycles. The van der Waals surface area contributed by atoms with Gasteiger partial charge in [-0.1, -0.05) is 48.5 Å². The van der Waals surface area contributed by atoms with Crippen molar-refractivity contribution in [2.75, 3.05) is 7.11 Å². The number of rotatable bonds is 8. The second kappa shape index (κ2) is 11.8. The molecule has 0 atom stereocenters. The standard InChI is InChI=1S/C31H28N2O3/c1-22-8-6-11-27(32-22)18-15-24-14-16-26(30(20-24)35-3)21-31(34)36-29-13-5-4-10-25(29)17-19-28-12-7-9-23(2)33-28/h4-20H,21H2,1-3H3. The highest BCUT2D eigenvalue weighted by molar-refractivity contribution is 5.79. The van der Waals surface area contributed by atoms with Crippen molar-refractivity contribution >= 4 is 30.3 Å². The largest absolute Gasteiger partial charge is 0.496 e. The van der Waals surface area contributed by atoms with E-state index in [4.69, 9.17) is 9.47 Å². The van der Waals surface area contributed by atoms with Crippen LogP contribution in [-0.2, 0) is 11.2 Å². The molecule has 0 aliphatic carbocycles. The number of benzene rings is 2. The van der Waals surface area contributed by atoms with E-state index in [1.807, 2.05) is 111 Å². The molecule has 0 saturated heterocycles. The van der Waals surface area contributed by atoms with Crippen LogP contribution < -0.4 is 9.47 Å². The summed E-state index contributed by atoms with van der Waals surface area (Å²) in [7, 11) is 1.60. The Kier molecular flexibility index (Phi) is 8.04. The molecule has 0 radical (unpaired) electrons. The van der Waals surface area contributed by atoms with Crippen molar-refractivity contribution in [3.05, 3.63) is 118 Å². The molecule has 4 aromatic rings. The molecule has 0 amide bonds. The van der Waals surface area contributed by atoms with Crippen LogP contribution in [0, 0.1) is 13.8 Å². The summed E-state index contributed by atoms with van der Waals surface area (Å²) >= 11 is 0. The van der Waals surface area contributed by atoms with E-state index < -0.39 is 0 Å². The molecular weight excluding hydrogens is 448 g/mol. The molecule has 180 valence electrons. The number of aryl methyl sites for hydroxylation is 2. The highest BCUT2D eigenvalue weighted by Crippen LogP contribution is 2.25. The zero-order chi connectivity index (χ0) is 25.3. The fraction of sp³-hybridized carbons (Fsp3) is 0.129. The summed E-state index contributed by atoms with van der Waals surface area (Å²) in [6.07, 6.45) is 7.81. The molecule has 0 aliphatic rings. The Morgan fingerprint density at radius 1 is 0.750 bits per heavy atom. The molecule has 0 spiro atoms. The minimum Gasteiger partial charge on any atom is -0.496 e. The van der Waals surface area contributed by atoms with Gasteiger partial charge in [-0.3, -0.25) is 14.8 Å². The van der Waals surface area contributed by atoms with Crippen LogP contribution >= 0.6 is 0 Å². The fourth-order valence-electron chi connectivity index (χ4n) is 3.71. The molecule has 2 aromatic carbocycles. The Morgan fingerprint density at radius 3 is 2.08 bits per heavy atom. The maximum Gasteiger partial charge on any atom is 0.315 e. The second-order valence-electron chi connectivity index (χ2n) is 8.33. The molecule has 36 heavy (non-hydrogen) atoms. The number of nitrogens with zero attached hydrogens (tertiary/aromatic N) is 2. The number of hydrogen-bond acceptors (Lipinski definition) is 5. The lowest BCUT2D eigenvalue weighted by molar-refractivity contribution is -0.133. The molecule has 0 unspecified atom stereocenters. The molecule has 0 saturated carbocycles. The van der Waals surface area contributed by atoms with E-state index in [0.717, 1.165) is 39.5 Å². The first-order valence-electron chi connectivity index (χ1n) is 11.7. The Labute approximate surface area is 211 Å². The molecule has 0 N–H and O–H groups in total. The predicted octanol–water partition coefficient (Wildman–Crippen LogP) is 6.59. The highest BCUT2D eigenvalue weighted by atomic mass is 16.5. The van der Waals surface area contributed by atoms with Gasteiger partial charge in [-0.05, 0) is 74.0 Å². The van der Waals surface area contributed by atoms with Gasteiger partial charge < -0.3 is 9.47 Å². The van der Waals surface area contributed by atoms with Gasteiger partial charge in [-0.15, -0.1) is 0 Å². The number of hydrogen-bond donors (Lipinski definition) is 0. The molecule has 4 rings (SSSR count). The quantitative estimate of drug-likeness (QED) is 0.212. The van der Waals surface area contributed by atoms with Gasteiger partial charge in [0.05, 0.1) is 24.9 Å². The minimum absolute atomic E-state index is 0.0874. The van der Waals surface area contributed by atoms with E-state index in [0.29, 0.717) is 11.5 Å². The van der Waals surface area contributed by atoms with E-state index in [9.17, 15) is 4.79 Å². The molecule has 0 bridgehead atoms. The normalized spacial score (nSPS) is 11.2. The van der Waals surface area contributed by atoms with Gasteiger partial charge in [-0.2, -0.15) is 0 Å². The predicted molar refractivity (Wildman–Crippen MR) is 145 cm³/mol. The number of esters is 1. The van der Waals surface area contributed by atoms with E-state index in [2.05, 4.69) is 9.97 Å². The van der Waals surface area contributed by atoms with Crippen molar-refractivity contribution in [3.63, 3.8) is 0 Å². The molecule has 2 heterocycles. The molecule has 2 aromatic heterocycles. The van der Waals surface area contributed by atoms with Crippen LogP contribution in [0.4, 0.5) is 0 Å². The van der Waals surface area contributed by atoms with Gasteiger partial charge >= 0.3 is 5.97 Å². The van der Waals surface area contributed by atoms with Gasteiger partial charge in [0.25, 0.3) is 0 Å². The average molecular weight is 477 g/mol. The number of carbonyl (C=O) groups is 1. The van der Waals surface area contributed by atoms with Gasteiger partial charge in [0.15, 0.2) is 0 Å². The Morgan fingerprint density at radius 2 is 1.42 bits per heavy atom. The highest BCUT2D eigenvalue weighted by Gasteiger charge is 2.13. The first-order valence-corrected chi connectivity index (χ1v) is 11.7. The van der Waals surface area contributed by atoms with Crippen molar-refractivity contribution in [2.45, 2.75) is 20.3 Å². The summed E-state index contributed by atoms with van der Waals surface area (Å²) in [6.45, 7) is 3.91. The molecule has 5 heteroatoms. The van der Waals surface area contributed by atoms with E-state index in [-0.39, 0.29) is 12.4 Å². The maximum absolute atomic E-state index is 12.8. The summed E-state index contributed by atoms with van der Waals surface area (Å²) in [5.74, 6) is 0.760. The number of para-hydroxylation sites is 1. The summed E-state index contributed by atoms with van der Waals surface area (Å²) < 4.78 is 11.3. The van der Waals surface area contributed by atoms with Crippen LogP contribution in [0.1, 0.15) is 39.5 Å². The summed E-state index contributed by atoms with van der Waals surface area (Å²) in [4.78, 5) is 21.8. The third-order valence-corrected chi connectivity index (χ3v) is 5.49. The van der Waals surface area contributed by atoms with Crippen molar-refractivity contribution in [2.24, 2.45) is 0 Å². The third-order valence-electron chi connectivity index (χ3n) is 5.49. The van der Waals surface area contributed by atoms with Crippen LogP contribution in [0.25, 0.3) is 24.3 Å². The minimum atomic E-state index is -0.366. The van der Waals surface area contributed by atoms with Crippen LogP contribution in [0.3, 0.4) is 0 Å². The van der Waals surface area contributed by atoms with Crippen LogP contribution in [0.2, 0.25) is 0 Å². The zero-order valence-electron chi connectivity index (χ0n) is 20.6.